The second kappa shape index (κ2) is 22.7. The molecule has 0 aliphatic carbocycles. The molecule has 0 radical (unpaired) electrons. The summed E-state index contributed by atoms with van der Waals surface area (Å²) in [7, 11) is 0. The lowest BCUT2D eigenvalue weighted by molar-refractivity contribution is -0.143. The summed E-state index contributed by atoms with van der Waals surface area (Å²) < 4.78 is 0. The quantitative estimate of drug-likeness (QED) is 0.0468. The smallest absolute Gasteiger partial charge is 0.326 e. The molecule has 0 aromatic carbocycles. The molecule has 0 aliphatic heterocycles. The van der Waals surface area contributed by atoms with Crippen LogP contribution in [0.25, 0.3) is 0 Å². The van der Waals surface area contributed by atoms with Gasteiger partial charge in [-0.05, 0) is 24.7 Å². The topological polar surface area (TPSA) is 370 Å². The normalized spacial score (nSPS) is 15.1. The molecule has 22 heteroatoms. The molecule has 22 nitrogen and oxygen atoms in total. The molecule has 0 aliphatic rings. The van der Waals surface area contributed by atoms with E-state index in [1.54, 1.807) is 13.8 Å². The van der Waals surface area contributed by atoms with Gasteiger partial charge < -0.3 is 68.8 Å². The number of nitrogens with zero attached hydrogens (tertiary/aromatic N) is 1. The number of H-pyrrole nitrogens is 1. The van der Waals surface area contributed by atoms with E-state index in [0.717, 1.165) is 0 Å². The molecule has 7 amide bonds. The Balaban J connectivity index is 3.12. The number of aliphatic hydroxyl groups excluding tert-OH is 3. The van der Waals surface area contributed by atoms with Crippen LogP contribution in [0, 0.1) is 11.8 Å². The SMILES string of the molecule is CC(C)C[C@H](NC(=O)[C@@H](N)CO)C(=O)N[C@@H](Cc1cnc[nH]1)C(=O)N[C@@H](CO)C(=O)N[C@@H](CO)C(=O)N[C@H](C(=O)N[C@@H](CCC(N)=O)C(=O)O)C(C)C. The van der Waals surface area contributed by atoms with Crippen LogP contribution in [-0.4, -0.2) is 140 Å². The van der Waals surface area contributed by atoms with Crippen LogP contribution in [0.2, 0.25) is 0 Å². The number of primary amides is 1. The Morgan fingerprint density at radius 1 is 0.698 bits per heavy atom. The predicted molar refractivity (Wildman–Crippen MR) is 183 cm³/mol. The number of aliphatic hydroxyl groups is 3. The number of nitrogens with two attached hydrogens (primary N) is 2. The fourth-order valence-electron chi connectivity index (χ4n) is 4.69. The average molecular weight is 757 g/mol. The van der Waals surface area contributed by atoms with E-state index in [0.29, 0.717) is 5.69 Å². The van der Waals surface area contributed by atoms with Crippen LogP contribution in [0.3, 0.4) is 0 Å². The first-order valence-corrected chi connectivity index (χ1v) is 16.7. The highest BCUT2D eigenvalue weighted by atomic mass is 16.4. The van der Waals surface area contributed by atoms with E-state index in [1.165, 1.54) is 26.4 Å². The van der Waals surface area contributed by atoms with Crippen LogP contribution in [-0.2, 0) is 44.8 Å². The van der Waals surface area contributed by atoms with Crippen molar-refractivity contribution < 1.29 is 58.8 Å². The van der Waals surface area contributed by atoms with Crippen molar-refractivity contribution in [2.24, 2.45) is 23.3 Å². The summed E-state index contributed by atoms with van der Waals surface area (Å²) in [5, 5.41) is 52.5. The van der Waals surface area contributed by atoms with Gasteiger partial charge in [0.25, 0.3) is 0 Å². The van der Waals surface area contributed by atoms with Gasteiger partial charge in [-0.15, -0.1) is 0 Å². The van der Waals surface area contributed by atoms with Crippen molar-refractivity contribution in [2.75, 3.05) is 19.8 Å². The maximum absolute atomic E-state index is 13.5. The van der Waals surface area contributed by atoms with Crippen LogP contribution in [0.4, 0.5) is 0 Å². The first kappa shape index (κ1) is 45.8. The van der Waals surface area contributed by atoms with Crippen LogP contribution >= 0.6 is 0 Å². The monoisotopic (exact) mass is 756 g/mol. The largest absolute Gasteiger partial charge is 0.480 e. The second-order valence-corrected chi connectivity index (χ2v) is 12.9. The van der Waals surface area contributed by atoms with Crippen molar-refractivity contribution in [3.63, 3.8) is 0 Å². The summed E-state index contributed by atoms with van der Waals surface area (Å²) in [5.74, 6) is -8.75. The maximum atomic E-state index is 13.5. The van der Waals surface area contributed by atoms with Gasteiger partial charge >= 0.3 is 5.97 Å². The Hall–Kier alpha value is -5.19. The van der Waals surface area contributed by atoms with Crippen LogP contribution in [0.15, 0.2) is 12.5 Å². The molecule has 0 unspecified atom stereocenters. The Morgan fingerprint density at radius 2 is 1.19 bits per heavy atom. The summed E-state index contributed by atoms with van der Waals surface area (Å²) in [6.45, 7) is 3.90. The number of carboxylic acid groups (broad SMARTS) is 1. The highest BCUT2D eigenvalue weighted by Gasteiger charge is 2.34. The fraction of sp³-hybridized carbons (Fsp3) is 0.645. The van der Waals surface area contributed by atoms with Crippen molar-refractivity contribution >= 4 is 47.3 Å². The second-order valence-electron chi connectivity index (χ2n) is 12.9. The molecule has 0 spiro atoms. The Bertz CT molecular complexity index is 1410. The number of hydrogen-bond acceptors (Lipinski definition) is 13. The first-order chi connectivity index (χ1) is 24.8. The van der Waals surface area contributed by atoms with Gasteiger partial charge in [-0.2, -0.15) is 0 Å². The van der Waals surface area contributed by atoms with Gasteiger partial charge in [-0.3, -0.25) is 33.6 Å². The molecule has 15 N–H and O–H groups in total. The molecular formula is C31H52N10O12. The fourth-order valence-corrected chi connectivity index (χ4v) is 4.69. The number of amides is 7. The number of imidazole rings is 1. The number of carbonyl (C=O) groups excluding carboxylic acids is 7. The summed E-state index contributed by atoms with van der Waals surface area (Å²) >= 11 is 0. The minimum absolute atomic E-state index is 0.115. The molecular weight excluding hydrogens is 704 g/mol. The molecule has 0 fully saturated rings. The van der Waals surface area contributed by atoms with E-state index in [4.69, 9.17) is 11.5 Å². The summed E-state index contributed by atoms with van der Waals surface area (Å²) in [4.78, 5) is 108. The molecule has 1 aromatic rings. The summed E-state index contributed by atoms with van der Waals surface area (Å²) in [5.41, 5.74) is 11.0. The summed E-state index contributed by atoms with van der Waals surface area (Å²) in [6.07, 6.45) is 1.95. The molecule has 0 saturated carbocycles. The van der Waals surface area contributed by atoms with Gasteiger partial charge in [-0.1, -0.05) is 27.7 Å². The predicted octanol–water partition coefficient (Wildman–Crippen LogP) is -5.78. The molecule has 1 heterocycles. The third-order valence-electron chi connectivity index (χ3n) is 7.66. The molecule has 1 rings (SSSR count). The number of aromatic nitrogens is 2. The minimum atomic E-state index is -1.73. The molecule has 7 atom stereocenters. The minimum Gasteiger partial charge on any atom is -0.480 e. The third kappa shape index (κ3) is 15.9. The number of aliphatic carboxylic acids is 1. The summed E-state index contributed by atoms with van der Waals surface area (Å²) in [6, 6.07) is -10.2. The van der Waals surface area contributed by atoms with Crippen molar-refractivity contribution in [2.45, 2.75) is 95.7 Å². The van der Waals surface area contributed by atoms with Crippen molar-refractivity contribution in [3.8, 4) is 0 Å². The van der Waals surface area contributed by atoms with Crippen molar-refractivity contribution in [1.29, 1.82) is 0 Å². The lowest BCUT2D eigenvalue weighted by atomic mass is 10.0. The number of nitrogens with one attached hydrogen (secondary N) is 7. The van der Waals surface area contributed by atoms with E-state index in [-0.39, 0.29) is 31.6 Å². The number of carboxylic acids is 1. The van der Waals surface area contributed by atoms with Gasteiger partial charge in [0, 0.05) is 24.7 Å². The lowest BCUT2D eigenvalue weighted by Gasteiger charge is -2.27. The number of aromatic amines is 1. The van der Waals surface area contributed by atoms with Crippen molar-refractivity contribution in [3.05, 3.63) is 18.2 Å². The van der Waals surface area contributed by atoms with Gasteiger partial charge in [0.1, 0.15) is 42.3 Å². The highest BCUT2D eigenvalue weighted by molar-refractivity contribution is 5.97. The highest BCUT2D eigenvalue weighted by Crippen LogP contribution is 2.09. The lowest BCUT2D eigenvalue weighted by Crippen LogP contribution is -2.61. The van der Waals surface area contributed by atoms with Gasteiger partial charge in [0.2, 0.25) is 41.4 Å². The number of hydrogen-bond donors (Lipinski definition) is 13. The molecule has 0 saturated heterocycles. The van der Waals surface area contributed by atoms with Gasteiger partial charge in [0.05, 0.1) is 26.1 Å². The molecule has 298 valence electrons. The molecule has 1 aromatic heterocycles. The number of rotatable bonds is 24. The van der Waals surface area contributed by atoms with Crippen LogP contribution < -0.4 is 43.4 Å². The van der Waals surface area contributed by atoms with E-state index < -0.39 is 115 Å². The maximum Gasteiger partial charge on any atom is 0.326 e. The Kier molecular flexibility index (Phi) is 19.6. The van der Waals surface area contributed by atoms with E-state index in [1.807, 2.05) is 0 Å². The Morgan fingerprint density at radius 3 is 1.64 bits per heavy atom. The zero-order valence-corrected chi connectivity index (χ0v) is 30.0. The molecule has 0 bridgehead atoms. The van der Waals surface area contributed by atoms with Crippen LogP contribution in [0.1, 0.15) is 52.7 Å². The van der Waals surface area contributed by atoms with Crippen molar-refractivity contribution in [1.82, 2.24) is 41.9 Å². The van der Waals surface area contributed by atoms with E-state index >= 15 is 0 Å². The first-order valence-electron chi connectivity index (χ1n) is 16.7. The molecule has 53 heavy (non-hydrogen) atoms. The zero-order chi connectivity index (χ0) is 40.4. The average Bonchev–Trinajstić information content (AvgIpc) is 3.61. The standard InChI is InChI=1S/C31H52N10O12/c1-14(2)7-19(37-25(46)17(32)10-42)26(47)38-20(8-16-9-34-13-35-16)27(48)39-21(11-43)28(49)40-22(12-44)29(50)41-24(15(3)4)30(51)36-18(31(52)53)5-6-23(33)45/h9,13-15,17-22,24,42-44H,5-8,10-12,32H2,1-4H3,(H2,33,45)(H,34,35)(H,36,51)(H,37,46)(H,38,47)(H,39,48)(H,40,49)(H,41,50)(H,52,53)/t17-,18-,19-,20-,21-,22-,24-/m0/s1. The zero-order valence-electron chi connectivity index (χ0n) is 30.0. The Labute approximate surface area is 305 Å². The van der Waals surface area contributed by atoms with Crippen LogP contribution in [0.5, 0.6) is 0 Å². The number of carbonyl (C=O) groups is 8. The van der Waals surface area contributed by atoms with Gasteiger partial charge in [-0.25, -0.2) is 9.78 Å². The third-order valence-corrected chi connectivity index (χ3v) is 7.66. The van der Waals surface area contributed by atoms with Gasteiger partial charge in [0.15, 0.2) is 0 Å². The van der Waals surface area contributed by atoms with E-state index in [9.17, 15) is 58.8 Å². The van der Waals surface area contributed by atoms with E-state index in [2.05, 4.69) is 41.9 Å².